The van der Waals surface area contributed by atoms with E-state index >= 15 is 0 Å². The zero-order valence-corrected chi connectivity index (χ0v) is 11.9. The molecule has 0 saturated heterocycles. The molecule has 0 atom stereocenters. The van der Waals surface area contributed by atoms with Gasteiger partial charge in [0.05, 0.1) is 17.7 Å². The molecular formula is C14H24N2O4. The lowest BCUT2D eigenvalue weighted by molar-refractivity contribution is 0.0498. The Kier molecular flexibility index (Phi) is 11.2. The van der Waals surface area contributed by atoms with Gasteiger partial charge in [-0.25, -0.2) is 9.59 Å². The summed E-state index contributed by atoms with van der Waals surface area (Å²) in [5.74, 6) is -1.51. The van der Waals surface area contributed by atoms with Gasteiger partial charge in [0.15, 0.2) is 0 Å². The normalized spacial score (nSPS) is 9.05. The highest BCUT2D eigenvalue weighted by Crippen LogP contribution is 2.08. The fraction of sp³-hybridized carbons (Fsp3) is 0.429. The maximum Gasteiger partial charge on any atom is 0.338 e. The predicted octanol–water partition coefficient (Wildman–Crippen LogP) is 3.45. The number of hydrogen-bond acceptors (Lipinski definition) is 5. The van der Waals surface area contributed by atoms with E-state index in [1.807, 2.05) is 0 Å². The topological polar surface area (TPSA) is 134 Å². The van der Waals surface area contributed by atoms with Gasteiger partial charge >= 0.3 is 11.9 Å². The lowest BCUT2D eigenvalue weighted by Gasteiger charge is -2.05. The molecule has 0 aliphatic rings. The molecule has 0 radical (unpaired) electrons. The molecule has 0 amide bonds. The van der Waals surface area contributed by atoms with E-state index in [4.69, 9.17) is 9.84 Å². The minimum Gasteiger partial charge on any atom is -0.478 e. The number of esters is 1. The summed E-state index contributed by atoms with van der Waals surface area (Å²) in [6, 6.07) is 5.87. The van der Waals surface area contributed by atoms with Gasteiger partial charge in [0.2, 0.25) is 0 Å². The zero-order chi connectivity index (χ0) is 13.4. The number of rotatable bonds is 7. The Morgan fingerprint density at radius 2 is 1.75 bits per heavy atom. The highest BCUT2D eigenvalue weighted by molar-refractivity contribution is 5.94. The fourth-order valence-electron chi connectivity index (χ4n) is 1.56. The van der Waals surface area contributed by atoms with Crippen molar-refractivity contribution in [2.75, 3.05) is 6.61 Å². The molecule has 6 nitrogen and oxygen atoms in total. The first-order valence-corrected chi connectivity index (χ1v) is 6.15. The Hall–Kier alpha value is -1.92. The number of carboxylic acids is 1. The fourth-order valence-corrected chi connectivity index (χ4v) is 1.56. The van der Waals surface area contributed by atoms with Crippen LogP contribution in [0.5, 0.6) is 0 Å². The Balaban J connectivity index is 0. The van der Waals surface area contributed by atoms with E-state index in [-0.39, 0.29) is 23.4 Å². The van der Waals surface area contributed by atoms with Gasteiger partial charge < -0.3 is 22.1 Å². The summed E-state index contributed by atoms with van der Waals surface area (Å²) < 4.78 is 5.08. The Morgan fingerprint density at radius 1 is 1.10 bits per heavy atom. The minimum absolute atomic E-state index is 0. The molecular weight excluding hydrogens is 260 g/mol. The van der Waals surface area contributed by atoms with Gasteiger partial charge in [-0.1, -0.05) is 32.3 Å². The van der Waals surface area contributed by atoms with Crippen molar-refractivity contribution in [2.24, 2.45) is 0 Å². The third-order valence-corrected chi connectivity index (χ3v) is 2.58. The summed E-state index contributed by atoms with van der Waals surface area (Å²) >= 11 is 0. The molecule has 0 aliphatic carbocycles. The maximum atomic E-state index is 11.6. The van der Waals surface area contributed by atoms with Gasteiger partial charge in [-0.05, 0) is 24.6 Å². The molecule has 6 heteroatoms. The molecule has 0 aliphatic heterocycles. The molecule has 1 rings (SSSR count). The zero-order valence-electron chi connectivity index (χ0n) is 11.9. The van der Waals surface area contributed by atoms with Gasteiger partial charge in [-0.3, -0.25) is 0 Å². The molecule has 0 saturated carbocycles. The van der Waals surface area contributed by atoms with Crippen LogP contribution in [0, 0.1) is 0 Å². The number of ether oxygens (including phenoxy) is 1. The molecule has 20 heavy (non-hydrogen) atoms. The summed E-state index contributed by atoms with van der Waals surface area (Å²) in [7, 11) is 0. The predicted molar refractivity (Wildman–Crippen MR) is 77.9 cm³/mol. The van der Waals surface area contributed by atoms with Gasteiger partial charge in [-0.15, -0.1) is 0 Å². The van der Waals surface area contributed by atoms with Crippen LogP contribution in [0.3, 0.4) is 0 Å². The van der Waals surface area contributed by atoms with Gasteiger partial charge in [0, 0.05) is 0 Å². The van der Waals surface area contributed by atoms with E-state index in [2.05, 4.69) is 6.92 Å². The SMILES string of the molecule is CCCCCCOC(=O)c1cccc(C(=O)O)c1.N.N. The molecule has 1 aromatic rings. The van der Waals surface area contributed by atoms with Crippen LogP contribution < -0.4 is 12.3 Å². The lowest BCUT2D eigenvalue weighted by Crippen LogP contribution is -2.08. The third-order valence-electron chi connectivity index (χ3n) is 2.58. The molecule has 0 bridgehead atoms. The molecule has 0 unspecified atom stereocenters. The molecule has 0 heterocycles. The van der Waals surface area contributed by atoms with Crippen LogP contribution in [-0.4, -0.2) is 23.7 Å². The summed E-state index contributed by atoms with van der Waals surface area (Å²) in [5, 5.41) is 8.81. The van der Waals surface area contributed by atoms with Gasteiger partial charge in [0.1, 0.15) is 0 Å². The maximum absolute atomic E-state index is 11.6. The van der Waals surface area contributed by atoms with E-state index in [1.165, 1.54) is 18.2 Å². The lowest BCUT2D eigenvalue weighted by atomic mass is 10.1. The van der Waals surface area contributed by atoms with Crippen LogP contribution in [0.4, 0.5) is 0 Å². The van der Waals surface area contributed by atoms with Crippen LogP contribution in [0.25, 0.3) is 0 Å². The highest BCUT2D eigenvalue weighted by Gasteiger charge is 2.10. The number of unbranched alkanes of at least 4 members (excludes halogenated alkanes) is 3. The number of hydrogen-bond donors (Lipinski definition) is 3. The van der Waals surface area contributed by atoms with Crippen molar-refractivity contribution in [1.29, 1.82) is 0 Å². The first-order valence-electron chi connectivity index (χ1n) is 6.15. The van der Waals surface area contributed by atoms with Crippen molar-refractivity contribution in [1.82, 2.24) is 12.3 Å². The average Bonchev–Trinajstić information content (AvgIpc) is 2.38. The second kappa shape index (κ2) is 11.0. The quantitative estimate of drug-likeness (QED) is 0.518. The average molecular weight is 284 g/mol. The van der Waals surface area contributed by atoms with Crippen LogP contribution in [0.15, 0.2) is 24.3 Å². The van der Waals surface area contributed by atoms with Crippen LogP contribution >= 0.6 is 0 Å². The van der Waals surface area contributed by atoms with Gasteiger partial charge in [-0.2, -0.15) is 0 Å². The van der Waals surface area contributed by atoms with E-state index in [9.17, 15) is 9.59 Å². The molecule has 0 fully saturated rings. The molecule has 1 aromatic carbocycles. The number of benzene rings is 1. The van der Waals surface area contributed by atoms with E-state index in [1.54, 1.807) is 6.07 Å². The van der Waals surface area contributed by atoms with Crippen molar-refractivity contribution < 1.29 is 19.4 Å². The third kappa shape index (κ3) is 6.86. The van der Waals surface area contributed by atoms with Crippen molar-refractivity contribution in [3.63, 3.8) is 0 Å². The molecule has 114 valence electrons. The van der Waals surface area contributed by atoms with E-state index in [0.717, 1.165) is 25.7 Å². The van der Waals surface area contributed by atoms with E-state index < -0.39 is 11.9 Å². The second-order valence-electron chi connectivity index (χ2n) is 4.08. The van der Waals surface area contributed by atoms with E-state index in [0.29, 0.717) is 6.61 Å². The van der Waals surface area contributed by atoms with Gasteiger partial charge in [0.25, 0.3) is 0 Å². The summed E-state index contributed by atoms with van der Waals surface area (Å²) in [6.07, 6.45) is 4.15. The minimum atomic E-state index is -1.05. The number of carbonyl (C=O) groups is 2. The number of aromatic carboxylic acids is 1. The highest BCUT2D eigenvalue weighted by atomic mass is 16.5. The molecule has 7 N–H and O–H groups in total. The summed E-state index contributed by atoms with van der Waals surface area (Å²) in [5.41, 5.74) is 0.376. The molecule has 0 spiro atoms. The molecule has 0 aromatic heterocycles. The Bertz CT molecular complexity index is 421. The Morgan fingerprint density at radius 3 is 2.35 bits per heavy atom. The first kappa shape index (κ1) is 20.4. The second-order valence-corrected chi connectivity index (χ2v) is 4.08. The van der Waals surface area contributed by atoms with Crippen LogP contribution in [0.1, 0.15) is 53.3 Å². The largest absolute Gasteiger partial charge is 0.478 e. The summed E-state index contributed by atoms with van der Waals surface area (Å²) in [6.45, 7) is 2.50. The number of carboxylic acid groups (broad SMARTS) is 1. The van der Waals surface area contributed by atoms with Crippen molar-refractivity contribution in [3.8, 4) is 0 Å². The van der Waals surface area contributed by atoms with Crippen molar-refractivity contribution in [3.05, 3.63) is 35.4 Å². The Labute approximate surface area is 119 Å². The van der Waals surface area contributed by atoms with Crippen LogP contribution in [0.2, 0.25) is 0 Å². The van der Waals surface area contributed by atoms with Crippen molar-refractivity contribution >= 4 is 11.9 Å². The van der Waals surface area contributed by atoms with Crippen molar-refractivity contribution in [2.45, 2.75) is 32.6 Å². The number of carbonyl (C=O) groups excluding carboxylic acids is 1. The standard InChI is InChI=1S/C14H18O4.2H3N/c1-2-3-4-5-9-18-14(17)12-8-6-7-11(10-12)13(15)16;;/h6-8,10H,2-5,9H2,1H3,(H,15,16);2*1H3. The smallest absolute Gasteiger partial charge is 0.338 e. The monoisotopic (exact) mass is 284 g/mol. The van der Waals surface area contributed by atoms with Crippen LogP contribution in [-0.2, 0) is 4.74 Å². The summed E-state index contributed by atoms with van der Waals surface area (Å²) in [4.78, 5) is 22.4. The first-order chi connectivity index (χ1) is 8.65.